The molecule has 0 fully saturated rings. The lowest BCUT2D eigenvalue weighted by Crippen LogP contribution is -2.32. The third-order valence-corrected chi connectivity index (χ3v) is 3.62. The summed E-state index contributed by atoms with van der Waals surface area (Å²) in [6.45, 7) is 6.32. The van der Waals surface area contributed by atoms with Gasteiger partial charge in [-0.25, -0.2) is 4.68 Å². The summed E-state index contributed by atoms with van der Waals surface area (Å²) >= 11 is 6.02. The number of aromatic nitrogens is 3. The summed E-state index contributed by atoms with van der Waals surface area (Å²) in [5.41, 5.74) is 1.93. The number of hydrogen-bond donors (Lipinski definition) is 2. The lowest BCUT2D eigenvalue weighted by atomic mass is 10.2. The van der Waals surface area contributed by atoms with Gasteiger partial charge in [-0.1, -0.05) is 36.7 Å². The zero-order chi connectivity index (χ0) is 16.7. The van der Waals surface area contributed by atoms with Gasteiger partial charge in [0, 0.05) is 18.1 Å². The number of halogens is 1. The molecule has 1 amide bonds. The Morgan fingerprint density at radius 1 is 1.26 bits per heavy atom. The molecule has 6 nitrogen and oxygen atoms in total. The van der Waals surface area contributed by atoms with E-state index in [0.717, 1.165) is 30.9 Å². The number of rotatable bonds is 8. The van der Waals surface area contributed by atoms with E-state index < -0.39 is 0 Å². The molecule has 2 N–H and O–H groups in total. The molecule has 0 aliphatic carbocycles. The Morgan fingerprint density at radius 3 is 2.78 bits per heavy atom. The van der Waals surface area contributed by atoms with E-state index in [2.05, 4.69) is 27.9 Å². The van der Waals surface area contributed by atoms with E-state index >= 15 is 0 Å². The Labute approximate surface area is 141 Å². The summed E-state index contributed by atoms with van der Waals surface area (Å²) in [6, 6.07) is 7.32. The van der Waals surface area contributed by atoms with Gasteiger partial charge in [-0.3, -0.25) is 4.79 Å². The largest absolute Gasteiger partial charge is 0.349 e. The number of carbonyl (C=O) groups is 1. The predicted octanol–water partition coefficient (Wildman–Crippen LogP) is 2.21. The van der Waals surface area contributed by atoms with Crippen LogP contribution in [0.25, 0.3) is 5.69 Å². The van der Waals surface area contributed by atoms with Crippen molar-refractivity contribution in [1.29, 1.82) is 0 Å². The fraction of sp³-hybridized carbons (Fsp3) is 0.438. The van der Waals surface area contributed by atoms with E-state index in [0.29, 0.717) is 23.7 Å². The average Bonchev–Trinajstić information content (AvgIpc) is 2.98. The minimum atomic E-state index is -0.201. The van der Waals surface area contributed by atoms with Crippen LogP contribution in [0.4, 0.5) is 0 Å². The number of carbonyl (C=O) groups excluding carboxylic acids is 1. The topological polar surface area (TPSA) is 71.8 Å². The molecule has 1 aromatic carbocycles. The number of nitrogens with one attached hydrogen (secondary N) is 2. The van der Waals surface area contributed by atoms with Crippen molar-refractivity contribution >= 4 is 17.5 Å². The standard InChI is InChI=1S/C16H22ClN5O/c1-3-8-18-9-10-19-16(23)15-14(4-2)22(21-20-15)13-7-5-6-12(17)11-13/h5-7,11,18H,3-4,8-10H2,1-2H3,(H,19,23). The molecular formula is C16H22ClN5O. The lowest BCUT2D eigenvalue weighted by Gasteiger charge is -2.07. The minimum absolute atomic E-state index is 0.201. The molecule has 0 spiro atoms. The summed E-state index contributed by atoms with van der Waals surface area (Å²) < 4.78 is 1.66. The van der Waals surface area contributed by atoms with Crippen LogP contribution in [0.1, 0.15) is 36.5 Å². The van der Waals surface area contributed by atoms with Gasteiger partial charge >= 0.3 is 0 Å². The number of hydrogen-bond acceptors (Lipinski definition) is 4. The molecule has 1 heterocycles. The molecule has 1 aromatic heterocycles. The highest BCUT2D eigenvalue weighted by molar-refractivity contribution is 6.30. The van der Waals surface area contributed by atoms with Gasteiger partial charge in [0.2, 0.25) is 0 Å². The Morgan fingerprint density at radius 2 is 2.09 bits per heavy atom. The van der Waals surface area contributed by atoms with E-state index in [-0.39, 0.29) is 5.91 Å². The van der Waals surface area contributed by atoms with Gasteiger partial charge < -0.3 is 10.6 Å². The van der Waals surface area contributed by atoms with Gasteiger partial charge in [-0.05, 0) is 37.6 Å². The van der Waals surface area contributed by atoms with Crippen LogP contribution in [0, 0.1) is 0 Å². The van der Waals surface area contributed by atoms with Crippen molar-refractivity contribution < 1.29 is 4.79 Å². The fourth-order valence-electron chi connectivity index (χ4n) is 2.26. The van der Waals surface area contributed by atoms with Gasteiger partial charge in [-0.2, -0.15) is 0 Å². The number of amides is 1. The fourth-order valence-corrected chi connectivity index (χ4v) is 2.44. The highest BCUT2D eigenvalue weighted by Gasteiger charge is 2.18. The molecule has 7 heteroatoms. The molecule has 0 unspecified atom stereocenters. The quantitative estimate of drug-likeness (QED) is 0.725. The molecular weight excluding hydrogens is 314 g/mol. The first-order chi connectivity index (χ1) is 11.2. The van der Waals surface area contributed by atoms with Crippen LogP contribution in [-0.4, -0.2) is 40.5 Å². The molecule has 0 aliphatic rings. The highest BCUT2D eigenvalue weighted by atomic mass is 35.5. The first-order valence-corrected chi connectivity index (χ1v) is 8.24. The van der Waals surface area contributed by atoms with Crippen molar-refractivity contribution in [1.82, 2.24) is 25.6 Å². The third kappa shape index (κ3) is 4.53. The summed E-state index contributed by atoms with van der Waals surface area (Å²) in [5.74, 6) is -0.201. The van der Waals surface area contributed by atoms with Gasteiger partial charge in [0.1, 0.15) is 0 Å². The zero-order valence-electron chi connectivity index (χ0n) is 13.5. The molecule has 0 radical (unpaired) electrons. The molecule has 124 valence electrons. The summed E-state index contributed by atoms with van der Waals surface area (Å²) in [4.78, 5) is 12.3. The van der Waals surface area contributed by atoms with Crippen LogP contribution in [0.2, 0.25) is 5.02 Å². The number of nitrogens with zero attached hydrogens (tertiary/aromatic N) is 3. The predicted molar refractivity (Wildman–Crippen MR) is 91.2 cm³/mol. The molecule has 0 atom stereocenters. The van der Waals surface area contributed by atoms with Crippen LogP contribution in [0.5, 0.6) is 0 Å². The maximum atomic E-state index is 12.3. The van der Waals surface area contributed by atoms with Crippen molar-refractivity contribution in [2.45, 2.75) is 26.7 Å². The van der Waals surface area contributed by atoms with E-state index in [9.17, 15) is 4.79 Å². The molecule has 0 bridgehead atoms. The summed E-state index contributed by atoms with van der Waals surface area (Å²) in [6.07, 6.45) is 1.72. The second-order valence-electron chi connectivity index (χ2n) is 5.14. The molecule has 2 aromatic rings. The average molecular weight is 336 g/mol. The first kappa shape index (κ1) is 17.4. The van der Waals surface area contributed by atoms with E-state index in [1.807, 2.05) is 19.1 Å². The Bertz CT molecular complexity index is 656. The molecule has 2 rings (SSSR count). The molecule has 0 saturated carbocycles. The van der Waals surface area contributed by atoms with E-state index in [4.69, 9.17) is 11.6 Å². The third-order valence-electron chi connectivity index (χ3n) is 3.38. The summed E-state index contributed by atoms with van der Waals surface area (Å²) in [7, 11) is 0. The van der Waals surface area contributed by atoms with Crippen LogP contribution in [0.15, 0.2) is 24.3 Å². The normalized spacial score (nSPS) is 10.7. The van der Waals surface area contributed by atoms with Crippen LogP contribution in [0.3, 0.4) is 0 Å². The zero-order valence-corrected chi connectivity index (χ0v) is 14.2. The smallest absolute Gasteiger partial charge is 0.273 e. The Kier molecular flexibility index (Phi) is 6.55. The first-order valence-electron chi connectivity index (χ1n) is 7.86. The molecule has 0 saturated heterocycles. The second kappa shape index (κ2) is 8.64. The molecule has 23 heavy (non-hydrogen) atoms. The SMILES string of the molecule is CCCNCCNC(=O)c1nnn(-c2cccc(Cl)c2)c1CC. The maximum absolute atomic E-state index is 12.3. The minimum Gasteiger partial charge on any atom is -0.349 e. The van der Waals surface area contributed by atoms with Crippen LogP contribution >= 0.6 is 11.6 Å². The number of benzene rings is 1. The van der Waals surface area contributed by atoms with Gasteiger partial charge in [0.25, 0.3) is 5.91 Å². The van der Waals surface area contributed by atoms with Gasteiger partial charge in [0.15, 0.2) is 5.69 Å². The monoisotopic (exact) mass is 335 g/mol. The van der Waals surface area contributed by atoms with Gasteiger partial charge in [-0.15, -0.1) is 5.10 Å². The second-order valence-corrected chi connectivity index (χ2v) is 5.57. The van der Waals surface area contributed by atoms with Crippen LogP contribution < -0.4 is 10.6 Å². The Hall–Kier alpha value is -1.92. The summed E-state index contributed by atoms with van der Waals surface area (Å²) in [5, 5.41) is 14.9. The van der Waals surface area contributed by atoms with Crippen molar-refractivity contribution in [3.8, 4) is 5.69 Å². The van der Waals surface area contributed by atoms with E-state index in [1.165, 1.54) is 0 Å². The molecule has 0 aliphatic heterocycles. The Balaban J connectivity index is 2.10. The van der Waals surface area contributed by atoms with Crippen molar-refractivity contribution in [3.63, 3.8) is 0 Å². The van der Waals surface area contributed by atoms with Crippen molar-refractivity contribution in [3.05, 3.63) is 40.7 Å². The van der Waals surface area contributed by atoms with Crippen molar-refractivity contribution in [2.24, 2.45) is 0 Å². The lowest BCUT2D eigenvalue weighted by molar-refractivity contribution is 0.0948. The van der Waals surface area contributed by atoms with Gasteiger partial charge in [0.05, 0.1) is 11.4 Å². The highest BCUT2D eigenvalue weighted by Crippen LogP contribution is 2.17. The van der Waals surface area contributed by atoms with Crippen LogP contribution in [-0.2, 0) is 6.42 Å². The van der Waals surface area contributed by atoms with Crippen molar-refractivity contribution in [2.75, 3.05) is 19.6 Å². The maximum Gasteiger partial charge on any atom is 0.273 e. The van der Waals surface area contributed by atoms with E-state index in [1.54, 1.807) is 16.8 Å².